The quantitative estimate of drug-likeness (QED) is 0.682. The van der Waals surface area contributed by atoms with Gasteiger partial charge in [-0.15, -0.1) is 5.10 Å². The second-order valence-electron chi connectivity index (χ2n) is 3.18. The maximum Gasteiger partial charge on any atom is 0.199 e. The van der Waals surface area contributed by atoms with Crippen molar-refractivity contribution in [3.63, 3.8) is 0 Å². The highest BCUT2D eigenvalue weighted by molar-refractivity contribution is 5.69. The minimum Gasteiger partial charge on any atom is -0.343 e. The molecule has 1 aliphatic carbocycles. The molecule has 0 aromatic carbocycles. The SMILES string of the molecule is c1nc2nnc(C3CC3)cc2[nH]1. The van der Waals surface area contributed by atoms with E-state index in [1.165, 1.54) is 12.8 Å². The van der Waals surface area contributed by atoms with Gasteiger partial charge in [0.25, 0.3) is 0 Å². The number of rotatable bonds is 1. The van der Waals surface area contributed by atoms with Crippen molar-refractivity contribution in [1.82, 2.24) is 20.2 Å². The van der Waals surface area contributed by atoms with Crippen LogP contribution in [0.15, 0.2) is 12.4 Å². The number of nitrogens with zero attached hydrogens (tertiary/aromatic N) is 3. The predicted molar refractivity (Wildman–Crippen MR) is 43.7 cm³/mol. The van der Waals surface area contributed by atoms with E-state index in [0.29, 0.717) is 11.6 Å². The third-order valence-corrected chi connectivity index (χ3v) is 2.20. The highest BCUT2D eigenvalue weighted by Gasteiger charge is 2.25. The van der Waals surface area contributed by atoms with Crippen LogP contribution in [-0.4, -0.2) is 20.2 Å². The van der Waals surface area contributed by atoms with Crippen LogP contribution < -0.4 is 0 Å². The van der Waals surface area contributed by atoms with Crippen molar-refractivity contribution in [2.45, 2.75) is 18.8 Å². The minimum absolute atomic E-state index is 0.658. The molecular weight excluding hydrogens is 152 g/mol. The fraction of sp³-hybridized carbons (Fsp3) is 0.375. The molecule has 1 aliphatic rings. The summed E-state index contributed by atoms with van der Waals surface area (Å²) in [4.78, 5) is 7.04. The second-order valence-corrected chi connectivity index (χ2v) is 3.18. The largest absolute Gasteiger partial charge is 0.343 e. The molecular formula is C8H8N4. The number of aromatic amines is 1. The van der Waals surface area contributed by atoms with Crippen LogP contribution in [0, 0.1) is 0 Å². The first-order chi connectivity index (χ1) is 5.93. The molecule has 0 unspecified atom stereocenters. The van der Waals surface area contributed by atoms with Crippen LogP contribution in [0.3, 0.4) is 0 Å². The fourth-order valence-electron chi connectivity index (χ4n) is 1.34. The number of nitrogens with one attached hydrogen (secondary N) is 1. The molecule has 3 rings (SSSR count). The van der Waals surface area contributed by atoms with Crippen LogP contribution in [0.25, 0.3) is 11.2 Å². The zero-order valence-electron chi connectivity index (χ0n) is 6.49. The number of imidazole rings is 1. The third-order valence-electron chi connectivity index (χ3n) is 2.20. The highest BCUT2D eigenvalue weighted by Crippen LogP contribution is 2.38. The number of hydrogen-bond acceptors (Lipinski definition) is 3. The highest BCUT2D eigenvalue weighted by atomic mass is 15.2. The van der Waals surface area contributed by atoms with E-state index >= 15 is 0 Å². The second kappa shape index (κ2) is 2.03. The molecule has 2 aromatic rings. The first-order valence-corrected chi connectivity index (χ1v) is 4.10. The molecule has 1 saturated carbocycles. The summed E-state index contributed by atoms with van der Waals surface area (Å²) in [6.45, 7) is 0. The molecule has 0 spiro atoms. The van der Waals surface area contributed by atoms with Gasteiger partial charge in [0, 0.05) is 5.92 Å². The summed E-state index contributed by atoms with van der Waals surface area (Å²) >= 11 is 0. The number of hydrogen-bond donors (Lipinski definition) is 1. The molecule has 1 fully saturated rings. The molecule has 1 N–H and O–H groups in total. The summed E-state index contributed by atoms with van der Waals surface area (Å²) in [5.74, 6) is 0.658. The molecule has 0 radical (unpaired) electrons. The van der Waals surface area contributed by atoms with Crippen LogP contribution >= 0.6 is 0 Å². The Bertz CT molecular complexity index is 416. The molecule has 4 nitrogen and oxygen atoms in total. The van der Waals surface area contributed by atoms with E-state index in [4.69, 9.17) is 0 Å². The summed E-state index contributed by atoms with van der Waals surface area (Å²) in [6.07, 6.45) is 4.17. The lowest BCUT2D eigenvalue weighted by Crippen LogP contribution is -1.90. The van der Waals surface area contributed by atoms with Gasteiger partial charge < -0.3 is 4.98 Å². The average Bonchev–Trinajstić information content (AvgIpc) is 2.84. The Morgan fingerprint density at radius 2 is 2.25 bits per heavy atom. The molecule has 0 atom stereocenters. The minimum atomic E-state index is 0.658. The van der Waals surface area contributed by atoms with Crippen LogP contribution in [-0.2, 0) is 0 Å². The van der Waals surface area contributed by atoms with Gasteiger partial charge in [-0.1, -0.05) is 0 Å². The molecule has 0 saturated heterocycles. The van der Waals surface area contributed by atoms with E-state index in [-0.39, 0.29) is 0 Å². The fourth-order valence-corrected chi connectivity index (χ4v) is 1.34. The Balaban J connectivity index is 2.21. The molecule has 2 heterocycles. The number of fused-ring (bicyclic) bond motifs is 1. The Hall–Kier alpha value is -1.45. The summed E-state index contributed by atoms with van der Waals surface area (Å²) in [6, 6.07) is 2.05. The van der Waals surface area contributed by atoms with Crippen LogP contribution in [0.5, 0.6) is 0 Å². The monoisotopic (exact) mass is 160 g/mol. The van der Waals surface area contributed by atoms with Crippen molar-refractivity contribution in [2.75, 3.05) is 0 Å². The van der Waals surface area contributed by atoms with Crippen LogP contribution in [0.2, 0.25) is 0 Å². The first kappa shape index (κ1) is 6.11. The van der Waals surface area contributed by atoms with Gasteiger partial charge in [0.2, 0.25) is 0 Å². The Morgan fingerprint density at radius 3 is 3.08 bits per heavy atom. The van der Waals surface area contributed by atoms with Crippen molar-refractivity contribution in [1.29, 1.82) is 0 Å². The number of aromatic nitrogens is 4. The summed E-state index contributed by atoms with van der Waals surface area (Å²) < 4.78 is 0. The van der Waals surface area contributed by atoms with Crippen molar-refractivity contribution in [3.8, 4) is 0 Å². The van der Waals surface area contributed by atoms with Gasteiger partial charge in [-0.05, 0) is 18.9 Å². The molecule has 0 bridgehead atoms. The topological polar surface area (TPSA) is 54.5 Å². The van der Waals surface area contributed by atoms with Gasteiger partial charge in [0.05, 0.1) is 17.5 Å². The zero-order chi connectivity index (χ0) is 7.97. The van der Waals surface area contributed by atoms with E-state index in [2.05, 4.69) is 20.2 Å². The van der Waals surface area contributed by atoms with Crippen LogP contribution in [0.4, 0.5) is 0 Å². The van der Waals surface area contributed by atoms with E-state index in [0.717, 1.165) is 11.2 Å². The zero-order valence-corrected chi connectivity index (χ0v) is 6.49. The summed E-state index contributed by atoms with van der Waals surface area (Å²) in [7, 11) is 0. The molecule has 60 valence electrons. The van der Waals surface area contributed by atoms with Gasteiger partial charge in [-0.3, -0.25) is 0 Å². The third kappa shape index (κ3) is 0.809. The van der Waals surface area contributed by atoms with Gasteiger partial charge in [-0.2, -0.15) is 5.10 Å². The van der Waals surface area contributed by atoms with E-state index in [1.807, 2.05) is 6.07 Å². The average molecular weight is 160 g/mol. The van der Waals surface area contributed by atoms with Gasteiger partial charge in [-0.25, -0.2) is 4.98 Å². The van der Waals surface area contributed by atoms with Gasteiger partial charge >= 0.3 is 0 Å². The Kier molecular flexibility index (Phi) is 1.03. The Labute approximate surface area is 69.0 Å². The molecule has 4 heteroatoms. The number of H-pyrrole nitrogens is 1. The van der Waals surface area contributed by atoms with Gasteiger partial charge in [0.1, 0.15) is 0 Å². The van der Waals surface area contributed by atoms with E-state index < -0.39 is 0 Å². The van der Waals surface area contributed by atoms with Crippen molar-refractivity contribution < 1.29 is 0 Å². The lowest BCUT2D eigenvalue weighted by molar-refractivity contribution is 0.929. The van der Waals surface area contributed by atoms with E-state index in [9.17, 15) is 0 Å². The molecule has 12 heavy (non-hydrogen) atoms. The standard InChI is InChI=1S/C8H8N4/c1-2-5(1)6-3-7-8(12-11-6)10-4-9-7/h3-5H,1-2H2,(H,9,10,12). The summed E-state index contributed by atoms with van der Waals surface area (Å²) in [5, 5.41) is 8.12. The maximum absolute atomic E-state index is 4.11. The van der Waals surface area contributed by atoms with Gasteiger partial charge in [0.15, 0.2) is 5.65 Å². The lowest BCUT2D eigenvalue weighted by atomic mass is 10.3. The normalized spacial score (nSPS) is 17.0. The molecule has 0 amide bonds. The summed E-state index contributed by atoms with van der Waals surface area (Å²) in [5.41, 5.74) is 2.80. The smallest absolute Gasteiger partial charge is 0.199 e. The maximum atomic E-state index is 4.11. The van der Waals surface area contributed by atoms with Crippen molar-refractivity contribution >= 4 is 11.2 Å². The van der Waals surface area contributed by atoms with Crippen molar-refractivity contribution in [3.05, 3.63) is 18.1 Å². The Morgan fingerprint density at radius 1 is 1.33 bits per heavy atom. The van der Waals surface area contributed by atoms with E-state index in [1.54, 1.807) is 6.33 Å². The van der Waals surface area contributed by atoms with Crippen LogP contribution in [0.1, 0.15) is 24.5 Å². The predicted octanol–water partition coefficient (Wildman–Crippen LogP) is 1.23. The molecule has 2 aromatic heterocycles. The molecule has 0 aliphatic heterocycles. The lowest BCUT2D eigenvalue weighted by Gasteiger charge is -1.93. The first-order valence-electron chi connectivity index (χ1n) is 4.10. The van der Waals surface area contributed by atoms with Crippen molar-refractivity contribution in [2.24, 2.45) is 0 Å².